The Morgan fingerprint density at radius 3 is 2.43 bits per heavy atom. The Morgan fingerprint density at radius 1 is 1.14 bits per heavy atom. The number of hydrogen-bond acceptors (Lipinski definition) is 3. The van der Waals surface area contributed by atoms with E-state index in [1.807, 2.05) is 51.1 Å². The van der Waals surface area contributed by atoms with E-state index in [1.54, 1.807) is 6.07 Å². The van der Waals surface area contributed by atoms with Gasteiger partial charge in [0.2, 0.25) is 5.91 Å². The number of fused-ring (bicyclic) bond motifs is 1. The molecule has 0 bridgehead atoms. The first kappa shape index (κ1) is 14.9. The fourth-order valence-electron chi connectivity index (χ4n) is 2.19. The van der Waals surface area contributed by atoms with Gasteiger partial charge in [0.1, 0.15) is 0 Å². The van der Waals surface area contributed by atoms with Gasteiger partial charge in [-0.2, -0.15) is 5.26 Å². The zero-order valence-corrected chi connectivity index (χ0v) is 12.5. The number of anilines is 1. The number of carbonyl (C=O) groups is 1. The van der Waals surface area contributed by atoms with Crippen LogP contribution in [0.3, 0.4) is 0 Å². The van der Waals surface area contributed by atoms with Gasteiger partial charge in [0.05, 0.1) is 18.2 Å². The van der Waals surface area contributed by atoms with Crippen LogP contribution < -0.4 is 10.6 Å². The van der Waals surface area contributed by atoms with Crippen molar-refractivity contribution in [2.24, 2.45) is 0 Å². The topological polar surface area (TPSA) is 64.9 Å². The average Bonchev–Trinajstić information content (AvgIpc) is 2.42. The van der Waals surface area contributed by atoms with Gasteiger partial charge in [-0.25, -0.2) is 0 Å². The Hall–Kier alpha value is -2.54. The van der Waals surface area contributed by atoms with E-state index < -0.39 is 0 Å². The molecule has 2 rings (SSSR count). The van der Waals surface area contributed by atoms with Crippen LogP contribution in [0.25, 0.3) is 10.8 Å². The van der Waals surface area contributed by atoms with Crippen molar-refractivity contribution in [2.75, 3.05) is 11.9 Å². The van der Waals surface area contributed by atoms with Crippen LogP contribution in [0.1, 0.15) is 26.3 Å². The van der Waals surface area contributed by atoms with E-state index in [0.717, 1.165) is 16.5 Å². The maximum absolute atomic E-state index is 11.9. The van der Waals surface area contributed by atoms with Crippen LogP contribution >= 0.6 is 0 Å². The Kier molecular flexibility index (Phi) is 4.13. The number of amides is 1. The maximum Gasteiger partial charge on any atom is 0.239 e. The molecule has 4 heteroatoms. The summed E-state index contributed by atoms with van der Waals surface area (Å²) in [4.78, 5) is 11.9. The highest BCUT2D eigenvalue weighted by molar-refractivity contribution is 5.98. The molecular formula is C17H19N3O. The van der Waals surface area contributed by atoms with Crippen LogP contribution in [0.15, 0.2) is 36.4 Å². The summed E-state index contributed by atoms with van der Waals surface area (Å²) in [7, 11) is 0. The second-order valence-corrected chi connectivity index (χ2v) is 5.97. The summed E-state index contributed by atoms with van der Waals surface area (Å²) in [6.07, 6.45) is 0. The number of rotatable bonds is 3. The first-order chi connectivity index (χ1) is 9.90. The molecule has 0 spiro atoms. The number of carbonyl (C=O) groups excluding carboxylic acids is 1. The Morgan fingerprint density at radius 2 is 1.81 bits per heavy atom. The molecule has 0 aromatic heterocycles. The van der Waals surface area contributed by atoms with Gasteiger partial charge in [-0.3, -0.25) is 4.79 Å². The van der Waals surface area contributed by atoms with Crippen molar-refractivity contribution in [3.05, 3.63) is 42.0 Å². The molecule has 0 radical (unpaired) electrons. The molecule has 0 heterocycles. The minimum atomic E-state index is -0.245. The van der Waals surface area contributed by atoms with Gasteiger partial charge in [-0.1, -0.05) is 24.3 Å². The van der Waals surface area contributed by atoms with Crippen LogP contribution in [-0.2, 0) is 4.79 Å². The van der Waals surface area contributed by atoms with Crippen molar-refractivity contribution in [3.63, 3.8) is 0 Å². The first-order valence-corrected chi connectivity index (χ1v) is 6.87. The predicted molar refractivity (Wildman–Crippen MR) is 85.0 cm³/mol. The van der Waals surface area contributed by atoms with E-state index in [2.05, 4.69) is 16.7 Å². The third-order valence-corrected chi connectivity index (χ3v) is 3.00. The van der Waals surface area contributed by atoms with E-state index in [1.165, 1.54) is 0 Å². The Labute approximate surface area is 124 Å². The number of nitrogens with zero attached hydrogens (tertiary/aromatic N) is 1. The minimum Gasteiger partial charge on any atom is -0.376 e. The van der Waals surface area contributed by atoms with Gasteiger partial charge in [0.25, 0.3) is 0 Å². The van der Waals surface area contributed by atoms with Crippen molar-refractivity contribution in [1.82, 2.24) is 5.32 Å². The second kappa shape index (κ2) is 5.84. The Bertz CT molecular complexity index is 708. The van der Waals surface area contributed by atoms with E-state index in [-0.39, 0.29) is 18.0 Å². The summed E-state index contributed by atoms with van der Waals surface area (Å²) in [5, 5.41) is 17.0. The smallest absolute Gasteiger partial charge is 0.239 e. The van der Waals surface area contributed by atoms with E-state index in [9.17, 15) is 4.79 Å². The molecule has 0 aliphatic heterocycles. The summed E-state index contributed by atoms with van der Waals surface area (Å²) in [5.41, 5.74) is 1.25. The van der Waals surface area contributed by atoms with E-state index >= 15 is 0 Å². The molecule has 0 fully saturated rings. The van der Waals surface area contributed by atoms with Crippen molar-refractivity contribution in [1.29, 1.82) is 5.26 Å². The van der Waals surface area contributed by atoms with Crippen LogP contribution in [0.5, 0.6) is 0 Å². The standard InChI is InChI=1S/C17H19N3O/c1-17(2,3)20-16(21)11-19-15-9-8-12(10-18)13-6-4-5-7-14(13)15/h4-9,19H,11H2,1-3H3,(H,20,21). The molecule has 2 N–H and O–H groups in total. The number of benzene rings is 2. The van der Waals surface area contributed by atoms with Crippen LogP contribution in [-0.4, -0.2) is 18.0 Å². The molecule has 21 heavy (non-hydrogen) atoms. The van der Waals surface area contributed by atoms with Gasteiger partial charge in [-0.15, -0.1) is 0 Å². The molecular weight excluding hydrogens is 262 g/mol. The van der Waals surface area contributed by atoms with Crippen LogP contribution in [0, 0.1) is 11.3 Å². The number of hydrogen-bond donors (Lipinski definition) is 2. The molecule has 2 aromatic rings. The fourth-order valence-corrected chi connectivity index (χ4v) is 2.19. The third-order valence-electron chi connectivity index (χ3n) is 3.00. The summed E-state index contributed by atoms with van der Waals surface area (Å²) >= 11 is 0. The normalized spacial score (nSPS) is 11.0. The van der Waals surface area contributed by atoms with Crippen molar-refractivity contribution >= 4 is 22.4 Å². The lowest BCUT2D eigenvalue weighted by atomic mass is 10.0. The average molecular weight is 281 g/mol. The highest BCUT2D eigenvalue weighted by Crippen LogP contribution is 2.26. The number of nitriles is 1. The summed E-state index contributed by atoms with van der Waals surface area (Å²) in [6.45, 7) is 6.04. The van der Waals surface area contributed by atoms with Gasteiger partial charge in [0, 0.05) is 22.0 Å². The molecule has 0 aliphatic rings. The monoisotopic (exact) mass is 281 g/mol. The van der Waals surface area contributed by atoms with E-state index in [4.69, 9.17) is 5.26 Å². The second-order valence-electron chi connectivity index (χ2n) is 5.97. The predicted octanol–water partition coefficient (Wildman–Crippen LogP) is 3.04. The quantitative estimate of drug-likeness (QED) is 0.908. The molecule has 0 unspecified atom stereocenters. The fraction of sp³-hybridized carbons (Fsp3) is 0.294. The third kappa shape index (κ3) is 3.73. The van der Waals surface area contributed by atoms with Crippen molar-refractivity contribution < 1.29 is 4.79 Å². The largest absolute Gasteiger partial charge is 0.376 e. The zero-order valence-electron chi connectivity index (χ0n) is 12.5. The molecule has 0 saturated carbocycles. The highest BCUT2D eigenvalue weighted by atomic mass is 16.2. The summed E-state index contributed by atoms with van der Waals surface area (Å²) in [5.74, 6) is -0.0593. The molecule has 0 aliphatic carbocycles. The summed E-state index contributed by atoms with van der Waals surface area (Å²) in [6, 6.07) is 13.5. The lowest BCUT2D eigenvalue weighted by Gasteiger charge is -2.21. The molecule has 1 amide bonds. The van der Waals surface area contributed by atoms with Gasteiger partial charge < -0.3 is 10.6 Å². The van der Waals surface area contributed by atoms with Crippen molar-refractivity contribution in [3.8, 4) is 6.07 Å². The van der Waals surface area contributed by atoms with Gasteiger partial charge in [-0.05, 0) is 32.9 Å². The molecule has 2 aromatic carbocycles. The van der Waals surface area contributed by atoms with Crippen LogP contribution in [0.4, 0.5) is 5.69 Å². The number of nitrogens with one attached hydrogen (secondary N) is 2. The van der Waals surface area contributed by atoms with Gasteiger partial charge in [0.15, 0.2) is 0 Å². The van der Waals surface area contributed by atoms with E-state index in [0.29, 0.717) is 5.56 Å². The van der Waals surface area contributed by atoms with Gasteiger partial charge >= 0.3 is 0 Å². The van der Waals surface area contributed by atoms with Crippen molar-refractivity contribution in [2.45, 2.75) is 26.3 Å². The molecule has 0 saturated heterocycles. The minimum absolute atomic E-state index is 0.0593. The Balaban J connectivity index is 2.21. The molecule has 0 atom stereocenters. The zero-order chi connectivity index (χ0) is 15.5. The highest BCUT2D eigenvalue weighted by Gasteiger charge is 2.13. The summed E-state index contributed by atoms with van der Waals surface area (Å²) < 4.78 is 0. The lowest BCUT2D eigenvalue weighted by Crippen LogP contribution is -2.43. The maximum atomic E-state index is 11.9. The molecule has 108 valence electrons. The lowest BCUT2D eigenvalue weighted by molar-refractivity contribution is -0.120. The first-order valence-electron chi connectivity index (χ1n) is 6.87. The van der Waals surface area contributed by atoms with Crippen LogP contribution in [0.2, 0.25) is 0 Å². The molecule has 4 nitrogen and oxygen atoms in total. The SMILES string of the molecule is CC(C)(C)NC(=O)CNc1ccc(C#N)c2ccccc12.